The van der Waals surface area contributed by atoms with Crippen LogP contribution in [-0.2, 0) is 23.9 Å². The summed E-state index contributed by atoms with van der Waals surface area (Å²) in [4.78, 5) is 62.1. The summed E-state index contributed by atoms with van der Waals surface area (Å²) in [6.45, 7) is 1.34. The van der Waals surface area contributed by atoms with Crippen LogP contribution in [0, 0.1) is 11.8 Å². The Morgan fingerprint density at radius 3 is 2.13 bits per heavy atom. The van der Waals surface area contributed by atoms with Gasteiger partial charge in [-0.25, -0.2) is 4.79 Å². The largest absolute Gasteiger partial charge is 0.452 e. The topological polar surface area (TPSA) is 122 Å². The number of nitrogens with one attached hydrogen (secondary N) is 2. The molecule has 9 heteroatoms. The minimum absolute atomic E-state index is 0.0417. The monoisotopic (exact) mass is 421 g/mol. The third-order valence-corrected chi connectivity index (χ3v) is 6.33. The fraction of sp³-hybridized carbons (Fsp3) is 0.762. The predicted octanol–water partition coefficient (Wildman–Crippen LogP) is 1.64. The summed E-state index contributed by atoms with van der Waals surface area (Å²) in [6.07, 6.45) is 7.03. The Hall–Kier alpha value is -2.45. The highest BCUT2D eigenvalue weighted by atomic mass is 16.5. The lowest BCUT2D eigenvalue weighted by molar-refractivity contribution is -0.155. The number of amides is 5. The molecule has 0 radical (unpaired) electrons. The highest BCUT2D eigenvalue weighted by Crippen LogP contribution is 2.37. The fourth-order valence-corrected chi connectivity index (χ4v) is 4.65. The lowest BCUT2D eigenvalue weighted by atomic mass is 9.81. The van der Waals surface area contributed by atoms with Gasteiger partial charge in [-0.2, -0.15) is 0 Å². The molecule has 5 amide bonds. The molecule has 1 saturated heterocycles. The highest BCUT2D eigenvalue weighted by molar-refractivity contribution is 6.05. The SMILES string of the molecule is CC(OC(=O)CCN1C(=O)C2CCCCC2C1=O)C(=O)NC(=O)NC1CCCCC1. The van der Waals surface area contributed by atoms with Gasteiger partial charge >= 0.3 is 12.0 Å². The normalized spacial score (nSPS) is 25.4. The molecule has 0 bridgehead atoms. The molecule has 2 saturated carbocycles. The first-order valence-electron chi connectivity index (χ1n) is 11.0. The van der Waals surface area contributed by atoms with Crippen LogP contribution < -0.4 is 10.6 Å². The first kappa shape index (κ1) is 22.2. The molecule has 3 rings (SSSR count). The second kappa shape index (κ2) is 10.0. The zero-order valence-electron chi connectivity index (χ0n) is 17.5. The average molecular weight is 421 g/mol. The van der Waals surface area contributed by atoms with Gasteiger partial charge in [-0.05, 0) is 32.6 Å². The molecule has 1 heterocycles. The van der Waals surface area contributed by atoms with E-state index in [2.05, 4.69) is 10.6 Å². The molecule has 3 fully saturated rings. The number of fused-ring (bicyclic) bond motifs is 1. The van der Waals surface area contributed by atoms with Crippen LogP contribution in [0.25, 0.3) is 0 Å². The summed E-state index contributed by atoms with van der Waals surface area (Å²) in [7, 11) is 0. The van der Waals surface area contributed by atoms with Gasteiger partial charge in [0, 0.05) is 12.6 Å². The maximum absolute atomic E-state index is 12.4. The van der Waals surface area contributed by atoms with Crippen molar-refractivity contribution in [3.05, 3.63) is 0 Å². The average Bonchev–Trinajstić information content (AvgIpc) is 2.97. The molecule has 0 aromatic heterocycles. The van der Waals surface area contributed by atoms with Crippen LogP contribution in [0.2, 0.25) is 0 Å². The molecule has 166 valence electrons. The van der Waals surface area contributed by atoms with Gasteiger partial charge < -0.3 is 10.1 Å². The predicted molar refractivity (Wildman–Crippen MR) is 106 cm³/mol. The molecule has 2 N–H and O–H groups in total. The van der Waals surface area contributed by atoms with Gasteiger partial charge in [-0.1, -0.05) is 32.1 Å². The summed E-state index contributed by atoms with van der Waals surface area (Å²) in [6, 6.07) is -0.533. The van der Waals surface area contributed by atoms with E-state index in [1.165, 1.54) is 6.92 Å². The summed E-state index contributed by atoms with van der Waals surface area (Å²) >= 11 is 0. The number of imide groups is 2. The van der Waals surface area contributed by atoms with Gasteiger partial charge in [0.2, 0.25) is 11.8 Å². The van der Waals surface area contributed by atoms with Crippen molar-refractivity contribution in [3.63, 3.8) is 0 Å². The third-order valence-electron chi connectivity index (χ3n) is 6.33. The van der Waals surface area contributed by atoms with E-state index in [1.807, 2.05) is 0 Å². The molecule has 30 heavy (non-hydrogen) atoms. The highest BCUT2D eigenvalue weighted by Gasteiger charge is 2.47. The van der Waals surface area contributed by atoms with Crippen LogP contribution >= 0.6 is 0 Å². The van der Waals surface area contributed by atoms with Gasteiger partial charge in [-0.3, -0.25) is 29.4 Å². The van der Waals surface area contributed by atoms with Gasteiger partial charge in [0.05, 0.1) is 18.3 Å². The van der Waals surface area contributed by atoms with Crippen molar-refractivity contribution < 1.29 is 28.7 Å². The minimum Gasteiger partial charge on any atom is -0.452 e. The molecule has 0 spiro atoms. The number of rotatable bonds is 6. The first-order chi connectivity index (χ1) is 14.4. The number of hydrogen-bond acceptors (Lipinski definition) is 6. The van der Waals surface area contributed by atoms with Crippen LogP contribution in [0.1, 0.15) is 71.1 Å². The van der Waals surface area contributed by atoms with Crippen LogP contribution in [0.4, 0.5) is 4.79 Å². The quantitative estimate of drug-likeness (QED) is 0.497. The lowest BCUT2D eigenvalue weighted by Gasteiger charge is -2.23. The summed E-state index contributed by atoms with van der Waals surface area (Å²) in [5.74, 6) is -2.33. The number of likely N-dealkylation sites (tertiary alicyclic amines) is 1. The summed E-state index contributed by atoms with van der Waals surface area (Å²) in [5.41, 5.74) is 0. The van der Waals surface area contributed by atoms with Gasteiger partial charge in [0.15, 0.2) is 6.10 Å². The van der Waals surface area contributed by atoms with Crippen molar-refractivity contribution in [1.29, 1.82) is 0 Å². The third kappa shape index (κ3) is 5.37. The van der Waals surface area contributed by atoms with E-state index >= 15 is 0 Å². The van der Waals surface area contributed by atoms with Crippen LogP contribution in [0.5, 0.6) is 0 Å². The van der Waals surface area contributed by atoms with Crippen molar-refractivity contribution in [2.45, 2.75) is 83.3 Å². The van der Waals surface area contributed by atoms with Crippen LogP contribution in [0.3, 0.4) is 0 Å². The van der Waals surface area contributed by atoms with Gasteiger partial charge in [0.1, 0.15) is 0 Å². The van der Waals surface area contributed by atoms with Crippen molar-refractivity contribution >= 4 is 29.7 Å². The lowest BCUT2D eigenvalue weighted by Crippen LogP contribution is -2.48. The minimum atomic E-state index is -1.15. The molecule has 1 aliphatic heterocycles. The standard InChI is InChI=1S/C21H31N3O6/c1-13(18(26)23-21(29)22-14-7-3-2-4-8-14)30-17(25)11-12-24-19(27)15-9-5-6-10-16(15)20(24)28/h13-16H,2-12H2,1H3,(H2,22,23,26,29). The molecule has 0 aromatic rings. The fourth-order valence-electron chi connectivity index (χ4n) is 4.65. The maximum atomic E-state index is 12.4. The van der Waals surface area contributed by atoms with Crippen LogP contribution in [0.15, 0.2) is 0 Å². The van der Waals surface area contributed by atoms with Crippen molar-refractivity contribution in [1.82, 2.24) is 15.5 Å². The Labute approximate surface area is 176 Å². The second-order valence-electron chi connectivity index (χ2n) is 8.51. The number of urea groups is 1. The van der Waals surface area contributed by atoms with E-state index < -0.39 is 24.0 Å². The van der Waals surface area contributed by atoms with Gasteiger partial charge in [0.25, 0.3) is 5.91 Å². The van der Waals surface area contributed by atoms with Crippen LogP contribution in [-0.4, -0.2) is 53.3 Å². The number of ether oxygens (including phenoxy) is 1. The van der Waals surface area contributed by atoms with E-state index in [0.717, 1.165) is 62.7 Å². The Balaban J connectivity index is 1.39. The molecule has 3 unspecified atom stereocenters. The first-order valence-corrected chi connectivity index (χ1v) is 11.0. The van der Waals surface area contributed by atoms with E-state index in [9.17, 15) is 24.0 Å². The van der Waals surface area contributed by atoms with Crippen molar-refractivity contribution in [3.8, 4) is 0 Å². The zero-order chi connectivity index (χ0) is 21.7. The summed E-state index contributed by atoms with van der Waals surface area (Å²) in [5, 5.41) is 4.95. The Morgan fingerprint density at radius 2 is 1.53 bits per heavy atom. The van der Waals surface area contributed by atoms with Crippen molar-refractivity contribution in [2.75, 3.05) is 6.54 Å². The Morgan fingerprint density at radius 1 is 0.967 bits per heavy atom. The zero-order valence-corrected chi connectivity index (χ0v) is 17.5. The number of esters is 1. The van der Waals surface area contributed by atoms with Gasteiger partial charge in [-0.15, -0.1) is 0 Å². The summed E-state index contributed by atoms with van der Waals surface area (Å²) < 4.78 is 5.07. The Bertz CT molecular complexity index is 679. The van der Waals surface area contributed by atoms with E-state index in [1.54, 1.807) is 0 Å². The maximum Gasteiger partial charge on any atom is 0.321 e. The van der Waals surface area contributed by atoms with E-state index in [0.29, 0.717) is 0 Å². The smallest absolute Gasteiger partial charge is 0.321 e. The molecule has 0 aromatic carbocycles. The molecule has 9 nitrogen and oxygen atoms in total. The number of carbonyl (C=O) groups is 5. The molecule has 3 atom stereocenters. The second-order valence-corrected chi connectivity index (χ2v) is 8.51. The number of nitrogens with zero attached hydrogens (tertiary/aromatic N) is 1. The van der Waals surface area contributed by atoms with Crippen molar-refractivity contribution in [2.24, 2.45) is 11.8 Å². The molecular formula is C21H31N3O6. The molecule has 2 aliphatic carbocycles. The molecule has 3 aliphatic rings. The Kier molecular flexibility index (Phi) is 7.44. The van der Waals surface area contributed by atoms with E-state index in [-0.39, 0.29) is 42.7 Å². The number of hydrogen-bond donors (Lipinski definition) is 2. The number of carbonyl (C=O) groups excluding carboxylic acids is 5. The molecular weight excluding hydrogens is 390 g/mol. The van der Waals surface area contributed by atoms with E-state index in [4.69, 9.17) is 4.74 Å².